The SMILES string of the molecule is COC(=O)/C=C/c1ccc(Oc2cccc(F)c2C#N)c([N+](=O)[O-])c1. The molecular formula is C17H11FN2O5. The van der Waals surface area contributed by atoms with Gasteiger partial charge in [0.15, 0.2) is 0 Å². The Labute approximate surface area is 141 Å². The predicted octanol–water partition coefficient (Wildman–Crippen LogP) is 3.58. The maximum Gasteiger partial charge on any atom is 0.330 e. The van der Waals surface area contributed by atoms with Gasteiger partial charge in [-0.3, -0.25) is 10.1 Å². The van der Waals surface area contributed by atoms with Crippen LogP contribution in [0.25, 0.3) is 6.08 Å². The second kappa shape index (κ2) is 7.70. The number of rotatable bonds is 5. The quantitative estimate of drug-likeness (QED) is 0.356. The van der Waals surface area contributed by atoms with Crippen LogP contribution in [-0.4, -0.2) is 18.0 Å². The highest BCUT2D eigenvalue weighted by molar-refractivity contribution is 5.87. The number of carbonyl (C=O) groups excluding carboxylic acids is 1. The van der Waals surface area contributed by atoms with Crippen LogP contribution in [0.3, 0.4) is 0 Å². The molecule has 0 aromatic heterocycles. The first-order valence-electron chi connectivity index (χ1n) is 6.87. The highest BCUT2D eigenvalue weighted by Crippen LogP contribution is 2.34. The molecular weight excluding hydrogens is 331 g/mol. The summed E-state index contributed by atoms with van der Waals surface area (Å²) in [4.78, 5) is 21.6. The van der Waals surface area contributed by atoms with Gasteiger partial charge in [0.2, 0.25) is 5.75 Å². The van der Waals surface area contributed by atoms with Crippen LogP contribution in [0.4, 0.5) is 10.1 Å². The number of nitrogens with zero attached hydrogens (tertiary/aromatic N) is 2. The van der Waals surface area contributed by atoms with Crippen LogP contribution in [0.15, 0.2) is 42.5 Å². The minimum Gasteiger partial charge on any atom is -0.466 e. The molecule has 7 nitrogen and oxygen atoms in total. The number of methoxy groups -OCH3 is 1. The number of nitro groups is 1. The Morgan fingerprint density at radius 2 is 2.08 bits per heavy atom. The van der Waals surface area contributed by atoms with E-state index in [9.17, 15) is 19.3 Å². The fraction of sp³-hybridized carbons (Fsp3) is 0.0588. The van der Waals surface area contributed by atoms with Gasteiger partial charge in [-0.2, -0.15) is 5.26 Å². The molecule has 2 aromatic carbocycles. The Morgan fingerprint density at radius 3 is 2.72 bits per heavy atom. The molecule has 0 radical (unpaired) electrons. The summed E-state index contributed by atoms with van der Waals surface area (Å²) in [5.41, 5.74) is -0.393. The zero-order valence-electron chi connectivity index (χ0n) is 12.9. The lowest BCUT2D eigenvalue weighted by Gasteiger charge is -2.08. The lowest BCUT2D eigenvalue weighted by Crippen LogP contribution is -1.97. The monoisotopic (exact) mass is 342 g/mol. The molecule has 2 aromatic rings. The molecule has 0 atom stereocenters. The smallest absolute Gasteiger partial charge is 0.330 e. The van der Waals surface area contributed by atoms with Crippen molar-refractivity contribution in [3.05, 3.63) is 69.5 Å². The molecule has 0 bridgehead atoms. The molecule has 25 heavy (non-hydrogen) atoms. The Balaban J connectivity index is 2.41. The first-order valence-corrected chi connectivity index (χ1v) is 6.87. The fourth-order valence-corrected chi connectivity index (χ4v) is 1.92. The molecule has 0 unspecified atom stereocenters. The summed E-state index contributed by atoms with van der Waals surface area (Å²) in [7, 11) is 1.21. The Bertz CT molecular complexity index is 902. The van der Waals surface area contributed by atoms with Gasteiger partial charge in [-0.1, -0.05) is 12.1 Å². The molecule has 0 amide bonds. The summed E-state index contributed by atoms with van der Waals surface area (Å²) in [5.74, 6) is -1.70. The number of benzene rings is 2. The zero-order chi connectivity index (χ0) is 18.4. The first-order chi connectivity index (χ1) is 12.0. The second-order valence-electron chi connectivity index (χ2n) is 4.67. The van der Waals surface area contributed by atoms with Crippen molar-refractivity contribution in [1.29, 1.82) is 5.26 Å². The van der Waals surface area contributed by atoms with E-state index in [1.165, 1.54) is 43.5 Å². The number of nitriles is 1. The van der Waals surface area contributed by atoms with Crippen LogP contribution < -0.4 is 4.74 Å². The zero-order valence-corrected chi connectivity index (χ0v) is 12.9. The third kappa shape index (κ3) is 4.17. The lowest BCUT2D eigenvalue weighted by molar-refractivity contribution is -0.385. The van der Waals surface area contributed by atoms with Gasteiger partial charge in [0.1, 0.15) is 23.2 Å². The number of hydrogen-bond donors (Lipinski definition) is 0. The maximum absolute atomic E-state index is 13.6. The fourth-order valence-electron chi connectivity index (χ4n) is 1.92. The topological polar surface area (TPSA) is 102 Å². The van der Waals surface area contributed by atoms with E-state index < -0.39 is 22.4 Å². The number of carbonyl (C=O) groups is 1. The van der Waals surface area contributed by atoms with Gasteiger partial charge in [-0.05, 0) is 29.8 Å². The molecule has 0 fully saturated rings. The van der Waals surface area contributed by atoms with Crippen molar-refractivity contribution in [1.82, 2.24) is 0 Å². The van der Waals surface area contributed by atoms with E-state index in [4.69, 9.17) is 10.00 Å². The van der Waals surface area contributed by atoms with Crippen LogP contribution in [0, 0.1) is 27.3 Å². The van der Waals surface area contributed by atoms with Gasteiger partial charge in [0.05, 0.1) is 12.0 Å². The van der Waals surface area contributed by atoms with Crippen molar-refractivity contribution < 1.29 is 23.6 Å². The van der Waals surface area contributed by atoms with Gasteiger partial charge in [-0.15, -0.1) is 0 Å². The predicted molar refractivity (Wildman–Crippen MR) is 85.3 cm³/mol. The number of ether oxygens (including phenoxy) is 2. The van der Waals surface area contributed by atoms with Gasteiger partial charge in [0.25, 0.3) is 0 Å². The van der Waals surface area contributed by atoms with Gasteiger partial charge in [0, 0.05) is 12.1 Å². The van der Waals surface area contributed by atoms with Gasteiger partial charge >= 0.3 is 11.7 Å². The molecule has 0 aliphatic carbocycles. The van der Waals surface area contributed by atoms with Crippen molar-refractivity contribution in [3.8, 4) is 17.6 Å². The van der Waals surface area contributed by atoms with Crippen molar-refractivity contribution in [2.45, 2.75) is 0 Å². The van der Waals surface area contributed by atoms with Crippen LogP contribution in [-0.2, 0) is 9.53 Å². The lowest BCUT2D eigenvalue weighted by atomic mass is 10.1. The van der Waals surface area contributed by atoms with E-state index >= 15 is 0 Å². The van der Waals surface area contributed by atoms with Crippen molar-refractivity contribution in [2.75, 3.05) is 7.11 Å². The van der Waals surface area contributed by atoms with E-state index in [-0.39, 0.29) is 17.1 Å². The summed E-state index contributed by atoms with van der Waals surface area (Å²) >= 11 is 0. The molecule has 0 saturated heterocycles. The summed E-state index contributed by atoms with van der Waals surface area (Å²) in [6, 6.07) is 9.33. The number of hydrogen-bond acceptors (Lipinski definition) is 6. The molecule has 0 aliphatic heterocycles. The molecule has 2 rings (SSSR count). The van der Waals surface area contributed by atoms with E-state index in [2.05, 4.69) is 4.74 Å². The van der Waals surface area contributed by atoms with Gasteiger partial charge in [-0.25, -0.2) is 9.18 Å². The Kier molecular flexibility index (Phi) is 5.43. The average molecular weight is 342 g/mol. The minimum atomic E-state index is -0.791. The number of nitro benzene ring substituents is 1. The molecule has 0 N–H and O–H groups in total. The molecule has 0 aliphatic rings. The van der Waals surface area contributed by atoms with Crippen LogP contribution >= 0.6 is 0 Å². The Morgan fingerprint density at radius 1 is 1.32 bits per heavy atom. The van der Waals surface area contributed by atoms with Crippen molar-refractivity contribution >= 4 is 17.7 Å². The van der Waals surface area contributed by atoms with E-state index in [0.717, 1.165) is 12.1 Å². The molecule has 0 saturated carbocycles. The summed E-state index contributed by atoms with van der Waals surface area (Å²) in [6.45, 7) is 0. The first kappa shape index (κ1) is 17.6. The highest BCUT2D eigenvalue weighted by atomic mass is 19.1. The normalized spacial score (nSPS) is 10.3. The minimum absolute atomic E-state index is 0.136. The van der Waals surface area contributed by atoms with E-state index in [0.29, 0.717) is 5.56 Å². The highest BCUT2D eigenvalue weighted by Gasteiger charge is 2.18. The van der Waals surface area contributed by atoms with E-state index in [1.807, 2.05) is 0 Å². The van der Waals surface area contributed by atoms with Crippen LogP contribution in [0.1, 0.15) is 11.1 Å². The molecule has 0 spiro atoms. The standard InChI is InChI=1S/C17H11FN2O5/c1-24-17(21)8-6-11-5-7-16(14(9-11)20(22)23)25-15-4-2-3-13(18)12(15)10-19/h2-9H,1H3/b8-6+. The molecule has 0 heterocycles. The molecule has 126 valence electrons. The maximum atomic E-state index is 13.6. The third-order valence-electron chi connectivity index (χ3n) is 3.10. The van der Waals surface area contributed by atoms with E-state index in [1.54, 1.807) is 6.07 Å². The average Bonchev–Trinajstić information content (AvgIpc) is 2.60. The third-order valence-corrected chi connectivity index (χ3v) is 3.10. The summed E-state index contributed by atoms with van der Waals surface area (Å²) < 4.78 is 23.4. The van der Waals surface area contributed by atoms with Crippen LogP contribution in [0.5, 0.6) is 11.5 Å². The molecule has 8 heteroatoms. The summed E-state index contributed by atoms with van der Waals surface area (Å²) in [5, 5.41) is 20.2. The van der Waals surface area contributed by atoms with Crippen LogP contribution in [0.2, 0.25) is 0 Å². The van der Waals surface area contributed by atoms with Crippen molar-refractivity contribution in [2.24, 2.45) is 0 Å². The van der Waals surface area contributed by atoms with Crippen molar-refractivity contribution in [3.63, 3.8) is 0 Å². The largest absolute Gasteiger partial charge is 0.466 e. The second-order valence-corrected chi connectivity index (χ2v) is 4.67. The number of esters is 1. The number of halogens is 1. The Hall–Kier alpha value is -3.73. The summed E-state index contributed by atoms with van der Waals surface area (Å²) in [6.07, 6.45) is 2.45. The van der Waals surface area contributed by atoms with Gasteiger partial charge < -0.3 is 9.47 Å².